The molecule has 74 valence electrons. The summed E-state index contributed by atoms with van der Waals surface area (Å²) in [5.41, 5.74) is 0. The van der Waals surface area contributed by atoms with Crippen molar-refractivity contribution in [2.45, 2.75) is 37.0 Å². The minimum Gasteiger partial charge on any atom is -0.323 e. The molecule has 1 heterocycles. The van der Waals surface area contributed by atoms with Crippen molar-refractivity contribution in [3.05, 3.63) is 0 Å². The van der Waals surface area contributed by atoms with Crippen LogP contribution in [0, 0.1) is 0 Å². The van der Waals surface area contributed by atoms with Crippen LogP contribution in [-0.2, 0) is 0 Å². The normalized spacial score (nSPS) is 34.8. The van der Waals surface area contributed by atoms with E-state index in [9.17, 15) is 4.79 Å². The monoisotopic (exact) mass is 200 g/mol. The number of rotatable bonds is 0. The summed E-state index contributed by atoms with van der Waals surface area (Å²) in [5, 5.41) is 0.640. The first kappa shape index (κ1) is 9.19. The maximum atomic E-state index is 11.6. The molecular formula is C9H16N2OS. The predicted molar refractivity (Wildman–Crippen MR) is 54.6 cm³/mol. The van der Waals surface area contributed by atoms with Crippen molar-refractivity contribution < 1.29 is 4.79 Å². The van der Waals surface area contributed by atoms with Gasteiger partial charge in [-0.15, -0.1) is 0 Å². The van der Waals surface area contributed by atoms with Gasteiger partial charge in [0.05, 0.1) is 0 Å². The Kier molecular flexibility index (Phi) is 2.41. The molecule has 13 heavy (non-hydrogen) atoms. The van der Waals surface area contributed by atoms with Gasteiger partial charge in [0, 0.05) is 25.4 Å². The lowest BCUT2D eigenvalue weighted by Crippen LogP contribution is -2.53. The molecule has 2 unspecified atom stereocenters. The maximum Gasteiger partial charge on any atom is 0.329 e. The van der Waals surface area contributed by atoms with Crippen LogP contribution in [-0.4, -0.2) is 40.6 Å². The number of carbonyl (C=O) groups is 1. The Bertz CT molecular complexity index is 222. The van der Waals surface area contributed by atoms with Crippen molar-refractivity contribution >= 4 is 18.0 Å². The minimum absolute atomic E-state index is 0.160. The van der Waals surface area contributed by atoms with Crippen molar-refractivity contribution in [1.29, 1.82) is 0 Å². The SMILES string of the molecule is CN1SC2CCCCC2N(C)C1=O. The summed E-state index contributed by atoms with van der Waals surface area (Å²) in [5.74, 6) is 0. The van der Waals surface area contributed by atoms with Crippen molar-refractivity contribution in [2.75, 3.05) is 14.1 Å². The molecule has 0 spiro atoms. The molecule has 2 fully saturated rings. The highest BCUT2D eigenvalue weighted by Gasteiger charge is 2.38. The molecular weight excluding hydrogens is 184 g/mol. The molecule has 1 aliphatic carbocycles. The summed E-state index contributed by atoms with van der Waals surface area (Å²) in [6.07, 6.45) is 5.05. The van der Waals surface area contributed by atoms with Gasteiger partial charge < -0.3 is 4.90 Å². The number of hydrogen-bond donors (Lipinski definition) is 0. The molecule has 2 aliphatic rings. The Labute approximate surface area is 83.6 Å². The molecule has 2 atom stereocenters. The zero-order chi connectivity index (χ0) is 9.42. The van der Waals surface area contributed by atoms with E-state index in [1.54, 1.807) is 16.3 Å². The molecule has 0 bridgehead atoms. The van der Waals surface area contributed by atoms with Crippen LogP contribution in [0.4, 0.5) is 4.79 Å². The molecule has 0 aromatic heterocycles. The lowest BCUT2D eigenvalue weighted by molar-refractivity contribution is 0.156. The molecule has 0 aromatic carbocycles. The van der Waals surface area contributed by atoms with Crippen LogP contribution < -0.4 is 0 Å². The van der Waals surface area contributed by atoms with E-state index >= 15 is 0 Å². The smallest absolute Gasteiger partial charge is 0.323 e. The second kappa shape index (κ2) is 3.40. The molecule has 0 radical (unpaired) electrons. The maximum absolute atomic E-state index is 11.6. The van der Waals surface area contributed by atoms with E-state index < -0.39 is 0 Å². The molecule has 1 aliphatic heterocycles. The third kappa shape index (κ3) is 1.52. The number of urea groups is 1. The number of amides is 2. The van der Waals surface area contributed by atoms with Gasteiger partial charge in [-0.1, -0.05) is 12.8 Å². The van der Waals surface area contributed by atoms with Crippen LogP contribution in [0.25, 0.3) is 0 Å². The molecule has 1 saturated carbocycles. The van der Waals surface area contributed by atoms with E-state index in [0.29, 0.717) is 11.3 Å². The number of nitrogens with zero attached hydrogens (tertiary/aromatic N) is 2. The van der Waals surface area contributed by atoms with Gasteiger partial charge in [-0.05, 0) is 24.8 Å². The summed E-state index contributed by atoms with van der Waals surface area (Å²) in [7, 11) is 3.80. The Morgan fingerprint density at radius 2 is 2.00 bits per heavy atom. The van der Waals surface area contributed by atoms with Gasteiger partial charge in [0.1, 0.15) is 0 Å². The minimum atomic E-state index is 0.160. The van der Waals surface area contributed by atoms with Crippen molar-refractivity contribution in [3.8, 4) is 0 Å². The highest BCUT2D eigenvalue weighted by atomic mass is 32.2. The summed E-state index contributed by atoms with van der Waals surface area (Å²) >= 11 is 1.72. The van der Waals surface area contributed by atoms with Gasteiger partial charge in [-0.3, -0.25) is 4.31 Å². The second-order valence-electron chi connectivity index (χ2n) is 3.89. The fraction of sp³-hybridized carbons (Fsp3) is 0.889. The van der Waals surface area contributed by atoms with Crippen LogP contribution in [0.1, 0.15) is 25.7 Å². The fourth-order valence-electron chi connectivity index (χ4n) is 2.26. The van der Waals surface area contributed by atoms with Crippen LogP contribution in [0.5, 0.6) is 0 Å². The number of fused-ring (bicyclic) bond motifs is 1. The van der Waals surface area contributed by atoms with E-state index in [1.807, 2.05) is 19.0 Å². The van der Waals surface area contributed by atoms with Crippen LogP contribution in [0.2, 0.25) is 0 Å². The van der Waals surface area contributed by atoms with Gasteiger partial charge in [0.25, 0.3) is 0 Å². The molecule has 2 amide bonds. The van der Waals surface area contributed by atoms with Gasteiger partial charge in [-0.2, -0.15) is 0 Å². The highest BCUT2D eigenvalue weighted by Crippen LogP contribution is 2.37. The first-order chi connectivity index (χ1) is 6.20. The van der Waals surface area contributed by atoms with Crippen molar-refractivity contribution in [3.63, 3.8) is 0 Å². The molecule has 0 aromatic rings. The fourth-order valence-corrected chi connectivity index (χ4v) is 3.61. The lowest BCUT2D eigenvalue weighted by atomic mass is 9.94. The van der Waals surface area contributed by atoms with Gasteiger partial charge in [0.2, 0.25) is 0 Å². The van der Waals surface area contributed by atoms with Crippen molar-refractivity contribution in [2.24, 2.45) is 0 Å². The number of hydrogen-bond acceptors (Lipinski definition) is 2. The van der Waals surface area contributed by atoms with E-state index in [2.05, 4.69) is 0 Å². The van der Waals surface area contributed by atoms with E-state index in [-0.39, 0.29) is 6.03 Å². The van der Waals surface area contributed by atoms with Crippen LogP contribution >= 0.6 is 11.9 Å². The Hall–Kier alpha value is -0.380. The highest BCUT2D eigenvalue weighted by molar-refractivity contribution is 7.98. The molecule has 1 saturated heterocycles. The van der Waals surface area contributed by atoms with Crippen LogP contribution in [0.3, 0.4) is 0 Å². The average Bonchev–Trinajstić information content (AvgIpc) is 2.15. The van der Waals surface area contributed by atoms with E-state index in [0.717, 1.165) is 0 Å². The second-order valence-corrected chi connectivity index (χ2v) is 5.25. The standard InChI is InChI=1S/C9H16N2OS/c1-10-7-5-3-4-6-8(7)13-11(2)9(10)12/h7-8H,3-6H2,1-2H3. The first-order valence-corrected chi connectivity index (χ1v) is 5.71. The Morgan fingerprint density at radius 1 is 1.31 bits per heavy atom. The summed E-state index contributed by atoms with van der Waals surface area (Å²) in [6, 6.07) is 0.649. The molecule has 2 rings (SSSR count). The van der Waals surface area contributed by atoms with Gasteiger partial charge >= 0.3 is 6.03 Å². The predicted octanol–water partition coefficient (Wildman–Crippen LogP) is 1.94. The van der Waals surface area contributed by atoms with Crippen LogP contribution in [0.15, 0.2) is 0 Å². The Balaban J connectivity index is 2.12. The third-order valence-corrected chi connectivity index (χ3v) is 4.32. The topological polar surface area (TPSA) is 23.6 Å². The largest absolute Gasteiger partial charge is 0.329 e. The van der Waals surface area contributed by atoms with E-state index in [1.165, 1.54) is 25.7 Å². The van der Waals surface area contributed by atoms with Gasteiger partial charge in [0.15, 0.2) is 0 Å². The molecule has 3 nitrogen and oxygen atoms in total. The zero-order valence-electron chi connectivity index (χ0n) is 8.19. The van der Waals surface area contributed by atoms with E-state index in [4.69, 9.17) is 0 Å². The molecule has 0 N–H and O–H groups in total. The summed E-state index contributed by atoms with van der Waals surface area (Å²) < 4.78 is 1.77. The molecule has 4 heteroatoms. The Morgan fingerprint density at radius 3 is 2.77 bits per heavy atom. The number of carbonyl (C=O) groups excluding carboxylic acids is 1. The summed E-state index contributed by atoms with van der Waals surface area (Å²) in [6.45, 7) is 0. The quantitative estimate of drug-likeness (QED) is 0.558. The summed E-state index contributed by atoms with van der Waals surface area (Å²) in [4.78, 5) is 13.5. The van der Waals surface area contributed by atoms with Crippen molar-refractivity contribution in [1.82, 2.24) is 9.21 Å². The average molecular weight is 200 g/mol. The first-order valence-electron chi connectivity index (χ1n) is 4.87. The van der Waals surface area contributed by atoms with Gasteiger partial charge in [-0.25, -0.2) is 4.79 Å². The lowest BCUT2D eigenvalue weighted by Gasteiger charge is -2.44. The third-order valence-electron chi connectivity index (χ3n) is 3.03. The zero-order valence-corrected chi connectivity index (χ0v) is 9.01.